The fourth-order valence-corrected chi connectivity index (χ4v) is 6.71. The van der Waals surface area contributed by atoms with Crippen molar-refractivity contribution in [2.45, 2.75) is 75.7 Å². The predicted octanol–water partition coefficient (Wildman–Crippen LogP) is 3.62. The van der Waals surface area contributed by atoms with Crippen LogP contribution in [0.15, 0.2) is 24.3 Å². The Morgan fingerprint density at radius 2 is 1.87 bits per heavy atom. The number of carbonyl (C=O) groups excluding carboxylic acids is 3. The van der Waals surface area contributed by atoms with E-state index in [1.165, 1.54) is 22.9 Å². The predicted molar refractivity (Wildman–Crippen MR) is 157 cm³/mol. The maximum absolute atomic E-state index is 14.2. The summed E-state index contributed by atoms with van der Waals surface area (Å²) in [4.78, 5) is 44.7. The molecule has 3 amide bonds. The summed E-state index contributed by atoms with van der Waals surface area (Å²) < 4.78 is 47.5. The van der Waals surface area contributed by atoms with E-state index in [1.54, 1.807) is 11.6 Å². The lowest BCUT2D eigenvalue weighted by molar-refractivity contribution is -0.137. The third-order valence-electron chi connectivity index (χ3n) is 8.99. The second kappa shape index (κ2) is 13.2. The fraction of sp³-hybridized carbons (Fsp3) is 0.581. The summed E-state index contributed by atoms with van der Waals surface area (Å²) in [7, 11) is 1.50. The van der Waals surface area contributed by atoms with Crippen LogP contribution in [-0.4, -0.2) is 77.8 Å². The fourth-order valence-electron chi connectivity index (χ4n) is 6.71. The Bertz CT molecular complexity index is 1480. The second-order valence-corrected chi connectivity index (χ2v) is 11.6. The number of hydrogen-bond acceptors (Lipinski definition) is 7. The van der Waals surface area contributed by atoms with E-state index in [1.807, 2.05) is 0 Å². The molecule has 3 unspecified atom stereocenters. The van der Waals surface area contributed by atoms with Gasteiger partial charge in [0.05, 0.1) is 17.7 Å². The Balaban J connectivity index is 0.00000196. The highest BCUT2D eigenvalue weighted by Crippen LogP contribution is 2.52. The van der Waals surface area contributed by atoms with Gasteiger partial charge in [-0.15, -0.1) is 0 Å². The first-order valence-electron chi connectivity index (χ1n) is 15.4. The smallest absolute Gasteiger partial charge is 0.381 e. The molecule has 1 aromatic heterocycles. The third kappa shape index (κ3) is 6.15. The number of aromatic nitrogens is 2. The molecule has 4 aliphatic rings. The molecule has 0 bridgehead atoms. The maximum atomic E-state index is 14.2. The molecule has 4 heterocycles. The molecule has 0 radical (unpaired) electrons. The van der Waals surface area contributed by atoms with Gasteiger partial charge in [0, 0.05) is 43.3 Å². The van der Waals surface area contributed by atoms with Gasteiger partial charge in [-0.2, -0.15) is 23.5 Å². The summed E-state index contributed by atoms with van der Waals surface area (Å²) in [6.07, 6.45) is -0.573. The molecule has 2 saturated heterocycles. The number of nitriles is 1. The zero-order chi connectivity index (χ0) is 32.5. The largest absolute Gasteiger partial charge is 0.416 e. The first kappa shape index (κ1) is 32.4. The van der Waals surface area contributed by atoms with Crippen LogP contribution in [-0.2, 0) is 15.7 Å². The van der Waals surface area contributed by atoms with Crippen molar-refractivity contribution in [3.05, 3.63) is 46.6 Å². The molecule has 1 aromatic carbocycles. The first-order valence-corrected chi connectivity index (χ1v) is 15.4. The summed E-state index contributed by atoms with van der Waals surface area (Å²) in [5.41, 5.74) is 4.06. The molecule has 3 aliphatic heterocycles. The minimum absolute atomic E-state index is 0.0299. The van der Waals surface area contributed by atoms with E-state index in [4.69, 9.17) is 9.84 Å². The Labute approximate surface area is 259 Å². The molecule has 14 heteroatoms. The number of rotatable bonds is 6. The molecule has 2 aromatic rings. The second-order valence-electron chi connectivity index (χ2n) is 11.6. The van der Waals surface area contributed by atoms with E-state index in [9.17, 15) is 32.8 Å². The van der Waals surface area contributed by atoms with Crippen LogP contribution in [0, 0.1) is 17.2 Å². The van der Waals surface area contributed by atoms with Crippen LogP contribution in [0.5, 0.6) is 0 Å². The van der Waals surface area contributed by atoms with E-state index in [0.29, 0.717) is 56.8 Å². The Morgan fingerprint density at radius 1 is 1.16 bits per heavy atom. The summed E-state index contributed by atoms with van der Waals surface area (Å²) in [5, 5.41) is 17.3. The van der Waals surface area contributed by atoms with E-state index < -0.39 is 41.6 Å². The highest BCUT2D eigenvalue weighted by atomic mass is 19.4. The molecule has 0 spiro atoms. The molecule has 242 valence electrons. The van der Waals surface area contributed by atoms with Crippen molar-refractivity contribution in [1.82, 2.24) is 20.0 Å². The van der Waals surface area contributed by atoms with Gasteiger partial charge < -0.3 is 20.7 Å². The minimum atomic E-state index is -4.63. The average Bonchev–Trinajstić information content (AvgIpc) is 3.64. The van der Waals surface area contributed by atoms with Gasteiger partial charge in [0.15, 0.2) is 5.69 Å². The average molecular weight is 630 g/mol. The number of hydrogen-bond donors (Lipinski definition) is 2. The lowest BCUT2D eigenvalue weighted by atomic mass is 9.82. The highest BCUT2D eigenvalue weighted by Gasteiger charge is 2.52. The molecule has 3 fully saturated rings. The van der Waals surface area contributed by atoms with Crippen LogP contribution in [0.1, 0.15) is 89.4 Å². The molecule has 6 rings (SSSR count). The number of carbonyl (C=O) groups is 3. The van der Waals surface area contributed by atoms with Crippen LogP contribution >= 0.6 is 0 Å². The number of likely N-dealkylation sites (tertiary alicyclic amines) is 1. The Hall–Kier alpha value is -3.96. The number of ether oxygens (including phenoxy) is 1. The third-order valence-corrected chi connectivity index (χ3v) is 8.99. The number of amides is 3. The normalized spacial score (nSPS) is 23.6. The van der Waals surface area contributed by atoms with E-state index >= 15 is 0 Å². The number of nitrogens with two attached hydrogens (primary N) is 1. The number of nitrogens with zero attached hydrogens (tertiary/aromatic N) is 5. The molecule has 45 heavy (non-hydrogen) atoms. The van der Waals surface area contributed by atoms with Crippen LogP contribution < -0.4 is 16.0 Å². The number of likely N-dealkylation sites (N-methyl/N-ethyl adjacent to an activating group) is 1. The first-order chi connectivity index (χ1) is 21.6. The molecule has 3 atom stereocenters. The van der Waals surface area contributed by atoms with Gasteiger partial charge in [-0.05, 0) is 76.6 Å². The lowest BCUT2D eigenvalue weighted by Crippen LogP contribution is -2.56. The molecule has 1 saturated carbocycles. The number of nitrogens with one attached hydrogen (secondary N) is 1. The van der Waals surface area contributed by atoms with Crippen molar-refractivity contribution >= 4 is 23.5 Å². The van der Waals surface area contributed by atoms with Crippen LogP contribution in [0.3, 0.4) is 0 Å². The van der Waals surface area contributed by atoms with E-state index in [2.05, 4.69) is 17.1 Å². The number of benzene rings is 1. The monoisotopic (exact) mass is 629 g/mol. The molecular formula is C31H38F3N7O4. The summed E-state index contributed by atoms with van der Waals surface area (Å²) in [6.45, 7) is 3.45. The lowest BCUT2D eigenvalue weighted by Gasteiger charge is -2.39. The van der Waals surface area contributed by atoms with Gasteiger partial charge in [-0.3, -0.25) is 19.3 Å². The van der Waals surface area contributed by atoms with Gasteiger partial charge >= 0.3 is 6.18 Å². The van der Waals surface area contributed by atoms with Crippen LogP contribution in [0.25, 0.3) is 0 Å². The minimum Gasteiger partial charge on any atom is -0.381 e. The van der Waals surface area contributed by atoms with Gasteiger partial charge in [0.1, 0.15) is 17.9 Å². The van der Waals surface area contributed by atoms with Crippen molar-refractivity contribution in [1.29, 1.82) is 5.26 Å². The van der Waals surface area contributed by atoms with E-state index in [0.717, 1.165) is 31.0 Å². The number of anilines is 1. The van der Waals surface area contributed by atoms with Gasteiger partial charge in [-0.1, -0.05) is 6.07 Å². The number of halogens is 3. The van der Waals surface area contributed by atoms with Crippen LogP contribution in [0.4, 0.5) is 19.0 Å². The summed E-state index contributed by atoms with van der Waals surface area (Å²) in [6, 6.07) is 4.49. The number of fused-ring (bicyclic) bond motifs is 1. The van der Waals surface area contributed by atoms with Crippen molar-refractivity contribution < 1.29 is 32.3 Å². The number of alkyl halides is 3. The SMILES string of the molecule is CCN1C(=O)C(NC(=O)c2cccc(C(F)(F)F)c2)C(C2CC2)c2c(C(=O)N3CCCC3C#N)nn(C3CCOCC3)c21.CN. The van der Waals surface area contributed by atoms with Gasteiger partial charge in [-0.25, -0.2) is 4.68 Å². The summed E-state index contributed by atoms with van der Waals surface area (Å²) >= 11 is 0. The maximum Gasteiger partial charge on any atom is 0.416 e. The molecule has 11 nitrogen and oxygen atoms in total. The van der Waals surface area contributed by atoms with Crippen molar-refractivity contribution in [3.8, 4) is 6.07 Å². The zero-order valence-corrected chi connectivity index (χ0v) is 25.3. The van der Waals surface area contributed by atoms with Crippen LogP contribution in [0.2, 0.25) is 0 Å². The zero-order valence-electron chi connectivity index (χ0n) is 25.3. The van der Waals surface area contributed by atoms with Crippen molar-refractivity contribution in [2.75, 3.05) is 38.3 Å². The topological polar surface area (TPSA) is 147 Å². The highest BCUT2D eigenvalue weighted by molar-refractivity contribution is 6.07. The van der Waals surface area contributed by atoms with Gasteiger partial charge in [0.2, 0.25) is 0 Å². The summed E-state index contributed by atoms with van der Waals surface area (Å²) in [5.74, 6) is -1.69. The van der Waals surface area contributed by atoms with Crippen molar-refractivity contribution in [3.63, 3.8) is 0 Å². The Kier molecular flexibility index (Phi) is 9.50. The molecule has 1 aliphatic carbocycles. The standard InChI is InChI=1S/C30H33F3N6O4.CH5N/c1-2-37-27-23(25(29(42)38-12-4-7-21(38)16-34)36-39(27)20-10-13-43-14-11-20)22(17-8-9-17)24(28(37)41)35-26(40)18-5-3-6-19(15-18)30(31,32)33;1-2/h3,5-6,15,17,20-22,24H,2,4,7-14H2,1H3,(H,35,40);2H2,1H3. The molecule has 3 N–H and O–H groups in total. The quantitative estimate of drug-likeness (QED) is 0.496. The van der Waals surface area contributed by atoms with E-state index in [-0.39, 0.29) is 35.7 Å². The molecular weight excluding hydrogens is 591 g/mol. The van der Waals surface area contributed by atoms with Gasteiger partial charge in [0.25, 0.3) is 17.7 Å². The Morgan fingerprint density at radius 3 is 2.49 bits per heavy atom. The van der Waals surface area contributed by atoms with Crippen molar-refractivity contribution in [2.24, 2.45) is 11.7 Å².